The zero-order valence-electron chi connectivity index (χ0n) is 13.8. The van der Waals surface area contributed by atoms with Crippen LogP contribution in [0.5, 0.6) is 0 Å². The Balaban J connectivity index is 4.31. The average molecular weight is 270 g/mol. The van der Waals surface area contributed by atoms with Crippen LogP contribution in [0.1, 0.15) is 73.6 Å². The number of carbonyl (C=O) groups excluding carboxylic acids is 1. The van der Waals surface area contributed by atoms with Crippen LogP contribution in [0.4, 0.5) is 0 Å². The van der Waals surface area contributed by atoms with E-state index in [4.69, 9.17) is 5.73 Å². The molecule has 3 nitrogen and oxygen atoms in total. The van der Waals surface area contributed by atoms with E-state index in [1.54, 1.807) is 0 Å². The number of hydrogen-bond donors (Lipinski definition) is 1. The van der Waals surface area contributed by atoms with Gasteiger partial charge in [0.15, 0.2) is 0 Å². The molecule has 0 bridgehead atoms. The first-order chi connectivity index (χ1) is 8.67. The third kappa shape index (κ3) is 9.04. The molecule has 0 saturated heterocycles. The molecule has 2 N–H and O–H groups in total. The van der Waals surface area contributed by atoms with Gasteiger partial charge in [0, 0.05) is 25.0 Å². The van der Waals surface area contributed by atoms with Gasteiger partial charge in [0.05, 0.1) is 0 Å². The first-order valence-electron chi connectivity index (χ1n) is 7.72. The van der Waals surface area contributed by atoms with Gasteiger partial charge in [0.2, 0.25) is 5.91 Å². The molecule has 0 aliphatic heterocycles. The molecule has 0 rings (SSSR count). The quantitative estimate of drug-likeness (QED) is 0.685. The van der Waals surface area contributed by atoms with Crippen molar-refractivity contribution in [3.05, 3.63) is 0 Å². The Bertz CT molecular complexity index is 256. The van der Waals surface area contributed by atoms with Crippen molar-refractivity contribution in [3.8, 4) is 0 Å². The Morgan fingerprint density at radius 2 is 1.79 bits per heavy atom. The lowest BCUT2D eigenvalue weighted by Gasteiger charge is -2.29. The molecule has 3 heteroatoms. The lowest BCUT2D eigenvalue weighted by atomic mass is 9.87. The summed E-state index contributed by atoms with van der Waals surface area (Å²) in [6, 6.07) is 0.242. The van der Waals surface area contributed by atoms with Gasteiger partial charge in [-0.2, -0.15) is 0 Å². The first kappa shape index (κ1) is 18.4. The van der Waals surface area contributed by atoms with Crippen LogP contribution in [-0.2, 0) is 4.79 Å². The smallest absolute Gasteiger partial charge is 0.224 e. The minimum atomic E-state index is -0.0278. The Hall–Kier alpha value is -0.570. The fourth-order valence-corrected chi connectivity index (χ4v) is 2.40. The van der Waals surface area contributed by atoms with Crippen molar-refractivity contribution in [2.45, 2.75) is 85.7 Å². The summed E-state index contributed by atoms with van der Waals surface area (Å²) in [7, 11) is 0. The highest BCUT2D eigenvalue weighted by Crippen LogP contribution is 2.21. The summed E-state index contributed by atoms with van der Waals surface area (Å²) >= 11 is 0. The number of carbonyl (C=O) groups is 1. The van der Waals surface area contributed by atoms with Gasteiger partial charge < -0.3 is 10.6 Å². The van der Waals surface area contributed by atoms with Crippen molar-refractivity contribution in [2.24, 2.45) is 11.1 Å². The third-order valence-electron chi connectivity index (χ3n) is 3.26. The van der Waals surface area contributed by atoms with Crippen molar-refractivity contribution in [2.75, 3.05) is 6.54 Å². The lowest BCUT2D eigenvalue weighted by Crippen LogP contribution is -2.41. The molecule has 0 heterocycles. The molecule has 1 atom stereocenters. The monoisotopic (exact) mass is 270 g/mol. The molecule has 0 aliphatic carbocycles. The molecule has 1 amide bonds. The maximum atomic E-state index is 12.3. The molecule has 0 aromatic heterocycles. The molecule has 1 unspecified atom stereocenters. The highest BCUT2D eigenvalue weighted by molar-refractivity contribution is 5.77. The van der Waals surface area contributed by atoms with Crippen LogP contribution in [0.25, 0.3) is 0 Å². The Morgan fingerprint density at radius 3 is 2.21 bits per heavy atom. The van der Waals surface area contributed by atoms with Gasteiger partial charge in [-0.3, -0.25) is 4.79 Å². The molecule has 0 radical (unpaired) electrons. The second kappa shape index (κ2) is 8.57. The van der Waals surface area contributed by atoms with E-state index in [0.717, 1.165) is 19.4 Å². The molecular formula is C16H34N2O. The van der Waals surface area contributed by atoms with Crippen molar-refractivity contribution in [1.29, 1.82) is 0 Å². The third-order valence-corrected chi connectivity index (χ3v) is 3.26. The summed E-state index contributed by atoms with van der Waals surface area (Å²) in [6.07, 6.45) is 4.82. The molecule has 19 heavy (non-hydrogen) atoms. The Labute approximate surface area is 119 Å². The van der Waals surface area contributed by atoms with Gasteiger partial charge in [0.1, 0.15) is 0 Å². The largest absolute Gasteiger partial charge is 0.340 e. The van der Waals surface area contributed by atoms with Crippen LogP contribution in [0.15, 0.2) is 0 Å². The average Bonchev–Trinajstić information content (AvgIpc) is 2.20. The molecule has 0 saturated carbocycles. The summed E-state index contributed by atoms with van der Waals surface area (Å²) in [5, 5.41) is 0. The Kier molecular flexibility index (Phi) is 8.31. The molecule has 0 aliphatic rings. The molecule has 114 valence electrons. The second-order valence-electron chi connectivity index (χ2n) is 7.12. The highest BCUT2D eigenvalue weighted by Gasteiger charge is 2.22. The fourth-order valence-electron chi connectivity index (χ4n) is 2.40. The van der Waals surface area contributed by atoms with Gasteiger partial charge in [-0.25, -0.2) is 0 Å². The Morgan fingerprint density at radius 1 is 1.21 bits per heavy atom. The number of nitrogens with two attached hydrogens (primary N) is 1. The number of rotatable bonds is 8. The van der Waals surface area contributed by atoms with Gasteiger partial charge in [-0.1, -0.05) is 40.5 Å². The summed E-state index contributed by atoms with van der Waals surface area (Å²) in [4.78, 5) is 14.3. The predicted octanol–water partition coefficient (Wildman–Crippen LogP) is 3.57. The van der Waals surface area contributed by atoms with E-state index in [1.807, 2.05) is 4.90 Å². The highest BCUT2D eigenvalue weighted by atomic mass is 16.2. The number of nitrogens with zero attached hydrogens (tertiary/aromatic N) is 1. The van der Waals surface area contributed by atoms with Crippen LogP contribution in [0, 0.1) is 5.41 Å². The van der Waals surface area contributed by atoms with Crippen molar-refractivity contribution in [3.63, 3.8) is 0 Å². The van der Waals surface area contributed by atoms with Crippen molar-refractivity contribution < 1.29 is 4.79 Å². The van der Waals surface area contributed by atoms with E-state index in [1.165, 1.54) is 12.8 Å². The summed E-state index contributed by atoms with van der Waals surface area (Å²) < 4.78 is 0. The van der Waals surface area contributed by atoms with Crippen LogP contribution in [0.3, 0.4) is 0 Å². The van der Waals surface area contributed by atoms with E-state index >= 15 is 0 Å². The standard InChI is InChI=1S/C16H34N2O/c1-7-8-9-10-18(13(2)3)15(19)11-14(17)12-16(4,5)6/h13-14H,7-12,17H2,1-6H3. The van der Waals surface area contributed by atoms with Gasteiger partial charge >= 0.3 is 0 Å². The minimum Gasteiger partial charge on any atom is -0.340 e. The van der Waals surface area contributed by atoms with Gasteiger partial charge in [-0.05, 0) is 32.1 Å². The number of amides is 1. The van der Waals surface area contributed by atoms with Crippen LogP contribution in [0.2, 0.25) is 0 Å². The number of hydrogen-bond acceptors (Lipinski definition) is 2. The maximum Gasteiger partial charge on any atom is 0.224 e. The lowest BCUT2D eigenvalue weighted by molar-refractivity contribution is -0.133. The molecule has 0 aromatic carbocycles. The van der Waals surface area contributed by atoms with E-state index in [2.05, 4.69) is 41.5 Å². The van der Waals surface area contributed by atoms with E-state index in [0.29, 0.717) is 6.42 Å². The topological polar surface area (TPSA) is 46.3 Å². The normalized spacial score (nSPS) is 13.7. The van der Waals surface area contributed by atoms with Gasteiger partial charge in [0.25, 0.3) is 0 Å². The van der Waals surface area contributed by atoms with E-state index in [-0.39, 0.29) is 23.4 Å². The van der Waals surface area contributed by atoms with Crippen LogP contribution < -0.4 is 5.73 Å². The van der Waals surface area contributed by atoms with Gasteiger partial charge in [-0.15, -0.1) is 0 Å². The summed E-state index contributed by atoms with van der Waals surface area (Å²) in [5.41, 5.74) is 6.29. The molecular weight excluding hydrogens is 236 g/mol. The predicted molar refractivity (Wildman–Crippen MR) is 83.0 cm³/mol. The minimum absolute atomic E-state index is 0.0278. The zero-order valence-corrected chi connectivity index (χ0v) is 13.8. The maximum absolute atomic E-state index is 12.3. The zero-order chi connectivity index (χ0) is 15.1. The summed E-state index contributed by atoms with van der Waals surface area (Å²) in [6.45, 7) is 13.7. The fraction of sp³-hybridized carbons (Fsp3) is 0.938. The van der Waals surface area contributed by atoms with E-state index < -0.39 is 0 Å². The van der Waals surface area contributed by atoms with Crippen LogP contribution in [-0.4, -0.2) is 29.4 Å². The number of unbranched alkanes of at least 4 members (excludes halogenated alkanes) is 2. The first-order valence-corrected chi connectivity index (χ1v) is 7.72. The summed E-state index contributed by atoms with van der Waals surface area (Å²) in [5.74, 6) is 0.211. The molecule has 0 aromatic rings. The molecule has 0 spiro atoms. The second-order valence-corrected chi connectivity index (χ2v) is 7.12. The van der Waals surface area contributed by atoms with Crippen molar-refractivity contribution in [1.82, 2.24) is 4.90 Å². The molecule has 0 fully saturated rings. The van der Waals surface area contributed by atoms with Crippen molar-refractivity contribution >= 4 is 5.91 Å². The SMILES string of the molecule is CCCCCN(C(=O)CC(N)CC(C)(C)C)C(C)C. The van der Waals surface area contributed by atoms with E-state index in [9.17, 15) is 4.79 Å². The van der Waals surface area contributed by atoms with Crippen LogP contribution >= 0.6 is 0 Å².